The quantitative estimate of drug-likeness (QED) is 0.617. The summed E-state index contributed by atoms with van der Waals surface area (Å²) in [6, 6.07) is 10.5. The maximum atomic E-state index is 12.8. The third-order valence-corrected chi connectivity index (χ3v) is 4.31. The molecule has 0 aliphatic carbocycles. The fourth-order valence-corrected chi connectivity index (χ4v) is 2.87. The molecular weight excluding hydrogens is 407 g/mol. The second kappa shape index (κ2) is 8.74. The number of hydrogen-bond acceptors (Lipinski definition) is 5. The lowest BCUT2D eigenvalue weighted by molar-refractivity contribution is -0.137. The molecule has 150 valence electrons. The fourth-order valence-electron chi connectivity index (χ4n) is 2.34. The molecule has 0 unspecified atom stereocenters. The van der Waals surface area contributed by atoms with Crippen molar-refractivity contribution in [3.8, 4) is 5.75 Å². The molecule has 0 aliphatic heterocycles. The number of hydrogen-bond donors (Lipinski definition) is 2. The molecule has 2 amide bonds. The van der Waals surface area contributed by atoms with Gasteiger partial charge in [0.1, 0.15) is 5.75 Å². The topological polar surface area (TPSA) is 80.3 Å². The molecule has 3 aromatic rings. The summed E-state index contributed by atoms with van der Waals surface area (Å²) in [5.74, 6) is -0.978. The number of aromatic nitrogens is 1. The normalized spacial score (nSPS) is 11.0. The number of carbonyl (C=O) groups is 2. The number of ether oxygens (including phenoxy) is 1. The minimum atomic E-state index is -4.51. The molecule has 10 heteroatoms. The van der Waals surface area contributed by atoms with E-state index in [1.807, 2.05) is 0 Å². The minimum Gasteiger partial charge on any atom is -0.483 e. The number of thiazole rings is 1. The van der Waals surface area contributed by atoms with Crippen molar-refractivity contribution in [1.29, 1.82) is 0 Å². The second-order valence-corrected chi connectivity index (χ2v) is 6.60. The third kappa shape index (κ3) is 5.55. The van der Waals surface area contributed by atoms with E-state index in [9.17, 15) is 22.8 Å². The molecule has 1 aromatic heterocycles. The molecule has 2 aromatic carbocycles. The summed E-state index contributed by atoms with van der Waals surface area (Å²) in [5, 5.41) is 7.06. The van der Waals surface area contributed by atoms with Crippen LogP contribution in [0.2, 0.25) is 0 Å². The van der Waals surface area contributed by atoms with Gasteiger partial charge in [-0.15, -0.1) is 11.3 Å². The Morgan fingerprint density at radius 1 is 1.07 bits per heavy atom. The van der Waals surface area contributed by atoms with Gasteiger partial charge in [0, 0.05) is 17.3 Å². The van der Waals surface area contributed by atoms with Crippen LogP contribution in [0.4, 0.5) is 24.0 Å². The van der Waals surface area contributed by atoms with E-state index in [4.69, 9.17) is 4.74 Å². The van der Waals surface area contributed by atoms with Gasteiger partial charge in [0.25, 0.3) is 11.8 Å². The van der Waals surface area contributed by atoms with Crippen molar-refractivity contribution in [3.05, 3.63) is 71.2 Å². The van der Waals surface area contributed by atoms with Crippen LogP contribution in [0.1, 0.15) is 15.9 Å². The molecule has 0 aliphatic rings. The standard InChI is InChI=1S/C19H14F3N3O3S/c20-19(21,22)12-4-3-5-13(10-12)24-16(26)11-28-15-7-2-1-6-14(15)17(27)25-18-23-8-9-29-18/h1-10H,11H2,(H,24,26)(H,23,25,27). The zero-order chi connectivity index (χ0) is 20.9. The van der Waals surface area contributed by atoms with Crippen LogP contribution >= 0.6 is 11.3 Å². The van der Waals surface area contributed by atoms with Crippen molar-refractivity contribution in [2.75, 3.05) is 17.2 Å². The summed E-state index contributed by atoms with van der Waals surface area (Å²) in [6.45, 7) is -0.488. The van der Waals surface area contributed by atoms with Crippen molar-refractivity contribution < 1.29 is 27.5 Å². The zero-order valence-electron chi connectivity index (χ0n) is 14.7. The number of nitrogens with zero attached hydrogens (tertiary/aromatic N) is 1. The number of benzene rings is 2. The molecule has 1 heterocycles. The highest BCUT2D eigenvalue weighted by Crippen LogP contribution is 2.30. The Hall–Kier alpha value is -3.40. The van der Waals surface area contributed by atoms with Gasteiger partial charge in [-0.3, -0.25) is 14.9 Å². The summed E-state index contributed by atoms with van der Waals surface area (Å²) in [4.78, 5) is 28.4. The highest BCUT2D eigenvalue weighted by atomic mass is 32.1. The Morgan fingerprint density at radius 3 is 2.59 bits per heavy atom. The van der Waals surface area contributed by atoms with Gasteiger partial charge in [-0.2, -0.15) is 13.2 Å². The largest absolute Gasteiger partial charge is 0.483 e. The van der Waals surface area contributed by atoms with Crippen LogP contribution in [0, 0.1) is 0 Å². The van der Waals surface area contributed by atoms with Gasteiger partial charge in [-0.1, -0.05) is 18.2 Å². The van der Waals surface area contributed by atoms with E-state index in [-0.39, 0.29) is 17.0 Å². The molecule has 29 heavy (non-hydrogen) atoms. The molecule has 0 bridgehead atoms. The number of halogens is 3. The SMILES string of the molecule is O=C(COc1ccccc1C(=O)Nc1nccs1)Nc1cccc(C(F)(F)F)c1. The number of rotatable bonds is 6. The number of carbonyl (C=O) groups excluding carboxylic acids is 2. The van der Waals surface area contributed by atoms with Crippen molar-refractivity contribution in [3.63, 3.8) is 0 Å². The highest BCUT2D eigenvalue weighted by Gasteiger charge is 2.30. The van der Waals surface area contributed by atoms with Crippen LogP contribution < -0.4 is 15.4 Å². The summed E-state index contributed by atoms with van der Waals surface area (Å²) < 4.78 is 43.7. The lowest BCUT2D eigenvalue weighted by Crippen LogP contribution is -2.22. The minimum absolute atomic E-state index is 0.0109. The van der Waals surface area contributed by atoms with E-state index in [2.05, 4.69) is 15.6 Å². The van der Waals surface area contributed by atoms with Crippen molar-refractivity contribution in [1.82, 2.24) is 4.98 Å². The predicted molar refractivity (Wildman–Crippen MR) is 102 cm³/mol. The molecule has 6 nitrogen and oxygen atoms in total. The smallest absolute Gasteiger partial charge is 0.416 e. The molecule has 2 N–H and O–H groups in total. The van der Waals surface area contributed by atoms with Gasteiger partial charge < -0.3 is 10.1 Å². The molecule has 0 atom stereocenters. The van der Waals surface area contributed by atoms with Crippen molar-refractivity contribution in [2.24, 2.45) is 0 Å². The first-order valence-corrected chi connectivity index (χ1v) is 9.10. The van der Waals surface area contributed by atoms with Crippen molar-refractivity contribution >= 4 is 34.0 Å². The number of nitrogens with one attached hydrogen (secondary N) is 2. The first kappa shape index (κ1) is 20.3. The van der Waals surface area contributed by atoms with E-state index >= 15 is 0 Å². The molecule has 0 saturated carbocycles. The van der Waals surface area contributed by atoms with Gasteiger partial charge in [0.05, 0.1) is 11.1 Å². The Bertz CT molecular complexity index is 1010. The zero-order valence-corrected chi connectivity index (χ0v) is 15.5. The monoisotopic (exact) mass is 421 g/mol. The molecule has 0 radical (unpaired) electrons. The molecular formula is C19H14F3N3O3S. The Balaban J connectivity index is 1.63. The lowest BCUT2D eigenvalue weighted by atomic mass is 10.2. The van der Waals surface area contributed by atoms with Gasteiger partial charge in [0.2, 0.25) is 0 Å². The van der Waals surface area contributed by atoms with Crippen molar-refractivity contribution in [2.45, 2.75) is 6.18 Å². The molecule has 0 saturated heterocycles. The first-order valence-electron chi connectivity index (χ1n) is 8.23. The Kier molecular flexibility index (Phi) is 6.13. The highest BCUT2D eigenvalue weighted by molar-refractivity contribution is 7.13. The number of anilines is 2. The number of alkyl halides is 3. The maximum absolute atomic E-state index is 12.8. The number of amides is 2. The van der Waals surface area contributed by atoms with Crippen LogP contribution in [0.5, 0.6) is 5.75 Å². The summed E-state index contributed by atoms with van der Waals surface area (Å²) in [5.41, 5.74) is -0.696. The first-order chi connectivity index (χ1) is 13.8. The van der Waals surface area contributed by atoms with Gasteiger partial charge in [0.15, 0.2) is 11.7 Å². The van der Waals surface area contributed by atoms with E-state index in [1.165, 1.54) is 35.6 Å². The Labute approximate surface area is 167 Å². The van der Waals surface area contributed by atoms with Crippen LogP contribution in [-0.4, -0.2) is 23.4 Å². The Morgan fingerprint density at radius 2 is 1.86 bits per heavy atom. The molecule has 0 spiro atoms. The van der Waals surface area contributed by atoms with Crippen LogP contribution in [-0.2, 0) is 11.0 Å². The van der Waals surface area contributed by atoms with Gasteiger partial charge in [-0.25, -0.2) is 4.98 Å². The summed E-state index contributed by atoms with van der Waals surface area (Å²) >= 11 is 1.25. The van der Waals surface area contributed by atoms with Gasteiger partial charge in [-0.05, 0) is 30.3 Å². The average molecular weight is 421 g/mol. The van der Waals surface area contributed by atoms with Crippen LogP contribution in [0.3, 0.4) is 0 Å². The van der Waals surface area contributed by atoms with Gasteiger partial charge >= 0.3 is 6.18 Å². The average Bonchev–Trinajstić information content (AvgIpc) is 3.19. The summed E-state index contributed by atoms with van der Waals surface area (Å²) in [7, 11) is 0. The van der Waals surface area contributed by atoms with Crippen LogP contribution in [0.15, 0.2) is 60.1 Å². The summed E-state index contributed by atoms with van der Waals surface area (Å²) in [6.07, 6.45) is -2.97. The van der Waals surface area contributed by atoms with Crippen LogP contribution in [0.25, 0.3) is 0 Å². The lowest BCUT2D eigenvalue weighted by Gasteiger charge is -2.12. The molecule has 3 rings (SSSR count). The third-order valence-electron chi connectivity index (χ3n) is 3.62. The van der Waals surface area contributed by atoms with E-state index in [1.54, 1.807) is 23.7 Å². The van der Waals surface area contributed by atoms with E-state index < -0.39 is 30.2 Å². The predicted octanol–water partition coefficient (Wildman–Crippen LogP) is 4.43. The maximum Gasteiger partial charge on any atom is 0.416 e. The van der Waals surface area contributed by atoms with E-state index in [0.717, 1.165) is 12.1 Å². The molecule has 0 fully saturated rings. The number of para-hydroxylation sites is 1. The van der Waals surface area contributed by atoms with E-state index in [0.29, 0.717) is 5.13 Å². The fraction of sp³-hybridized carbons (Fsp3) is 0.105. The second-order valence-electron chi connectivity index (χ2n) is 5.70.